The van der Waals surface area contributed by atoms with Crippen molar-refractivity contribution < 1.29 is 9.47 Å². The lowest BCUT2D eigenvalue weighted by Gasteiger charge is -2.17. The highest BCUT2D eigenvalue weighted by atomic mass is 16.7. The summed E-state index contributed by atoms with van der Waals surface area (Å²) in [6.45, 7) is 1.43. The zero-order chi connectivity index (χ0) is 14.5. The van der Waals surface area contributed by atoms with Gasteiger partial charge in [-0.1, -0.05) is 12.8 Å². The van der Waals surface area contributed by atoms with E-state index < -0.39 is 0 Å². The first-order chi connectivity index (χ1) is 10.3. The minimum atomic E-state index is 0.285. The molecule has 2 aliphatic rings. The van der Waals surface area contributed by atoms with E-state index in [0.29, 0.717) is 19.1 Å². The lowest BCUT2D eigenvalue weighted by Crippen LogP contribution is -2.38. The molecule has 1 saturated carbocycles. The highest BCUT2D eigenvalue weighted by Gasteiger charge is 2.17. The Morgan fingerprint density at radius 2 is 2.05 bits per heavy atom. The Hall–Kier alpha value is -1.95. The first kappa shape index (κ1) is 14.0. The number of aliphatic imine (C=N–C) groups is 1. The molecule has 21 heavy (non-hydrogen) atoms. The van der Waals surface area contributed by atoms with Crippen LogP contribution in [0.1, 0.15) is 25.7 Å². The topological polar surface area (TPSA) is 80.9 Å². The minimum Gasteiger partial charge on any atom is -0.454 e. The molecular formula is C15H22N4O2. The molecule has 1 heterocycles. The van der Waals surface area contributed by atoms with Gasteiger partial charge in [0, 0.05) is 24.3 Å². The van der Waals surface area contributed by atoms with Crippen LogP contribution in [0.3, 0.4) is 0 Å². The third-order valence-electron chi connectivity index (χ3n) is 3.73. The van der Waals surface area contributed by atoms with Gasteiger partial charge < -0.3 is 25.8 Å². The SMILES string of the molecule is NCCN=C(Nc1ccc2c(c1)OCO2)NC1CCCC1. The van der Waals surface area contributed by atoms with E-state index in [2.05, 4.69) is 15.6 Å². The maximum atomic E-state index is 5.55. The van der Waals surface area contributed by atoms with Crippen LogP contribution in [0, 0.1) is 0 Å². The second-order valence-electron chi connectivity index (χ2n) is 5.34. The number of guanidine groups is 1. The molecule has 0 bridgehead atoms. The fraction of sp³-hybridized carbons (Fsp3) is 0.533. The summed E-state index contributed by atoms with van der Waals surface area (Å²) in [7, 11) is 0. The summed E-state index contributed by atoms with van der Waals surface area (Å²) in [5.74, 6) is 2.33. The highest BCUT2D eigenvalue weighted by Crippen LogP contribution is 2.34. The number of anilines is 1. The number of nitrogens with one attached hydrogen (secondary N) is 2. The quantitative estimate of drug-likeness (QED) is 0.580. The third kappa shape index (κ3) is 3.58. The molecule has 6 heteroatoms. The van der Waals surface area contributed by atoms with Crippen LogP contribution < -0.4 is 25.8 Å². The summed E-state index contributed by atoms with van der Waals surface area (Å²) in [6.07, 6.45) is 4.96. The number of rotatable bonds is 4. The molecule has 0 aromatic heterocycles. The zero-order valence-corrected chi connectivity index (χ0v) is 12.1. The third-order valence-corrected chi connectivity index (χ3v) is 3.73. The normalized spacial score (nSPS) is 18.0. The van der Waals surface area contributed by atoms with Gasteiger partial charge in [0.1, 0.15) is 0 Å². The highest BCUT2D eigenvalue weighted by molar-refractivity contribution is 5.94. The van der Waals surface area contributed by atoms with Crippen molar-refractivity contribution in [2.75, 3.05) is 25.2 Å². The van der Waals surface area contributed by atoms with Gasteiger partial charge in [0.15, 0.2) is 17.5 Å². The molecule has 0 unspecified atom stereocenters. The summed E-state index contributed by atoms with van der Waals surface area (Å²) in [4.78, 5) is 4.49. The zero-order valence-electron chi connectivity index (χ0n) is 12.1. The number of hydrogen-bond donors (Lipinski definition) is 3. The Kier molecular flexibility index (Phi) is 4.45. The standard InChI is InChI=1S/C15H22N4O2/c16-7-8-17-15(18-11-3-1-2-4-11)19-12-5-6-13-14(9-12)21-10-20-13/h5-6,9,11H,1-4,7-8,10,16H2,(H2,17,18,19). The molecule has 1 aliphatic heterocycles. The van der Waals surface area contributed by atoms with E-state index in [1.54, 1.807) is 0 Å². The van der Waals surface area contributed by atoms with Crippen molar-refractivity contribution in [1.82, 2.24) is 5.32 Å². The summed E-state index contributed by atoms with van der Waals surface area (Å²) in [5.41, 5.74) is 6.48. The summed E-state index contributed by atoms with van der Waals surface area (Å²) in [6, 6.07) is 6.29. The summed E-state index contributed by atoms with van der Waals surface area (Å²) in [5, 5.41) is 6.80. The number of fused-ring (bicyclic) bond motifs is 1. The van der Waals surface area contributed by atoms with Crippen molar-refractivity contribution in [3.63, 3.8) is 0 Å². The minimum absolute atomic E-state index is 0.285. The largest absolute Gasteiger partial charge is 0.454 e. The van der Waals surface area contributed by atoms with Crippen LogP contribution in [0.5, 0.6) is 11.5 Å². The fourth-order valence-electron chi connectivity index (χ4n) is 2.67. The molecule has 114 valence electrons. The molecule has 1 aliphatic carbocycles. The van der Waals surface area contributed by atoms with Gasteiger partial charge in [-0.2, -0.15) is 0 Å². The first-order valence-corrected chi connectivity index (χ1v) is 7.53. The van der Waals surface area contributed by atoms with E-state index in [0.717, 1.165) is 23.1 Å². The predicted molar refractivity (Wildman–Crippen MR) is 82.9 cm³/mol. The van der Waals surface area contributed by atoms with Crippen molar-refractivity contribution in [3.8, 4) is 11.5 Å². The molecule has 0 radical (unpaired) electrons. The average Bonchev–Trinajstić information content (AvgIpc) is 3.15. The summed E-state index contributed by atoms with van der Waals surface area (Å²) >= 11 is 0. The predicted octanol–water partition coefficient (Wildman–Crippen LogP) is 1.67. The van der Waals surface area contributed by atoms with Crippen LogP contribution in [-0.2, 0) is 0 Å². The summed E-state index contributed by atoms with van der Waals surface area (Å²) < 4.78 is 10.7. The van der Waals surface area contributed by atoms with Gasteiger partial charge in [0.25, 0.3) is 0 Å². The number of nitrogens with two attached hydrogens (primary N) is 1. The van der Waals surface area contributed by atoms with E-state index in [9.17, 15) is 0 Å². The molecule has 3 rings (SSSR count). The van der Waals surface area contributed by atoms with E-state index in [4.69, 9.17) is 15.2 Å². The van der Waals surface area contributed by atoms with E-state index in [1.165, 1.54) is 25.7 Å². The van der Waals surface area contributed by atoms with E-state index >= 15 is 0 Å². The Balaban J connectivity index is 1.68. The van der Waals surface area contributed by atoms with Gasteiger partial charge in [0.2, 0.25) is 6.79 Å². The maximum absolute atomic E-state index is 5.55. The van der Waals surface area contributed by atoms with Crippen molar-refractivity contribution in [1.29, 1.82) is 0 Å². The lowest BCUT2D eigenvalue weighted by atomic mass is 10.2. The molecule has 0 atom stereocenters. The van der Waals surface area contributed by atoms with Crippen molar-refractivity contribution in [2.24, 2.45) is 10.7 Å². The molecule has 6 nitrogen and oxygen atoms in total. The molecule has 4 N–H and O–H groups in total. The smallest absolute Gasteiger partial charge is 0.231 e. The van der Waals surface area contributed by atoms with Crippen molar-refractivity contribution in [2.45, 2.75) is 31.7 Å². The number of nitrogens with zero attached hydrogens (tertiary/aromatic N) is 1. The van der Waals surface area contributed by atoms with Crippen LogP contribution in [0.25, 0.3) is 0 Å². The second kappa shape index (κ2) is 6.67. The molecule has 0 saturated heterocycles. The molecular weight excluding hydrogens is 268 g/mol. The van der Waals surface area contributed by atoms with Gasteiger partial charge >= 0.3 is 0 Å². The number of benzene rings is 1. The number of hydrogen-bond acceptors (Lipinski definition) is 4. The first-order valence-electron chi connectivity index (χ1n) is 7.53. The van der Waals surface area contributed by atoms with Crippen LogP contribution in [0.2, 0.25) is 0 Å². The Morgan fingerprint density at radius 1 is 1.24 bits per heavy atom. The Labute approximate surface area is 124 Å². The van der Waals surface area contributed by atoms with Gasteiger partial charge in [-0.05, 0) is 25.0 Å². The number of ether oxygens (including phenoxy) is 2. The van der Waals surface area contributed by atoms with Crippen LogP contribution in [0.15, 0.2) is 23.2 Å². The van der Waals surface area contributed by atoms with Gasteiger partial charge in [-0.25, -0.2) is 0 Å². The molecule has 1 aromatic carbocycles. The fourth-order valence-corrected chi connectivity index (χ4v) is 2.67. The van der Waals surface area contributed by atoms with Crippen molar-refractivity contribution >= 4 is 11.6 Å². The molecule has 0 spiro atoms. The van der Waals surface area contributed by atoms with Crippen LogP contribution in [0.4, 0.5) is 5.69 Å². The Morgan fingerprint density at radius 3 is 2.86 bits per heavy atom. The van der Waals surface area contributed by atoms with E-state index in [1.807, 2.05) is 18.2 Å². The monoisotopic (exact) mass is 290 g/mol. The maximum Gasteiger partial charge on any atom is 0.231 e. The van der Waals surface area contributed by atoms with Crippen molar-refractivity contribution in [3.05, 3.63) is 18.2 Å². The van der Waals surface area contributed by atoms with E-state index in [-0.39, 0.29) is 6.79 Å². The van der Waals surface area contributed by atoms with Gasteiger partial charge in [0.05, 0.1) is 6.54 Å². The van der Waals surface area contributed by atoms with Crippen LogP contribution in [-0.4, -0.2) is 31.9 Å². The molecule has 1 fully saturated rings. The van der Waals surface area contributed by atoms with Crippen LogP contribution >= 0.6 is 0 Å². The van der Waals surface area contributed by atoms with Gasteiger partial charge in [-0.15, -0.1) is 0 Å². The average molecular weight is 290 g/mol. The lowest BCUT2D eigenvalue weighted by molar-refractivity contribution is 0.174. The second-order valence-corrected chi connectivity index (χ2v) is 5.34. The molecule has 1 aromatic rings. The van der Waals surface area contributed by atoms with Gasteiger partial charge in [-0.3, -0.25) is 4.99 Å². The molecule has 0 amide bonds. The Bertz CT molecular complexity index is 512.